The summed E-state index contributed by atoms with van der Waals surface area (Å²) in [5.41, 5.74) is 3.62. The maximum Gasteiger partial charge on any atom is 0.328 e. The van der Waals surface area contributed by atoms with E-state index in [1.807, 2.05) is 31.2 Å². The molecule has 1 saturated carbocycles. The lowest BCUT2D eigenvalue weighted by Crippen LogP contribution is -2.32. The second kappa shape index (κ2) is 6.33. The van der Waals surface area contributed by atoms with Gasteiger partial charge in [0.2, 0.25) is 5.91 Å². The zero-order chi connectivity index (χ0) is 18.3. The minimum absolute atomic E-state index is 0.0118. The SMILES string of the molecule is COc1ccc(-c2cnc3[nH]c(=O)n(CC(=O)NC4CC4)c3c2)cc1C. The molecule has 1 aliphatic rings. The van der Waals surface area contributed by atoms with Crippen molar-refractivity contribution in [1.82, 2.24) is 19.9 Å². The van der Waals surface area contributed by atoms with Crippen molar-refractivity contribution in [3.05, 3.63) is 46.5 Å². The Bertz CT molecular complexity index is 1050. The van der Waals surface area contributed by atoms with Crippen LogP contribution in [0.4, 0.5) is 0 Å². The first-order chi connectivity index (χ1) is 12.5. The molecular weight excluding hydrogens is 332 g/mol. The van der Waals surface area contributed by atoms with E-state index in [1.165, 1.54) is 4.57 Å². The molecule has 1 amide bonds. The standard InChI is InChI=1S/C19H20N4O3/c1-11-7-12(3-6-16(11)26-2)13-8-15-18(20-9-13)22-19(25)23(15)10-17(24)21-14-4-5-14/h3,6-9,14H,4-5,10H2,1-2H3,(H,21,24)(H,20,22,25). The van der Waals surface area contributed by atoms with E-state index >= 15 is 0 Å². The van der Waals surface area contributed by atoms with Gasteiger partial charge in [-0.15, -0.1) is 0 Å². The molecule has 0 atom stereocenters. The average Bonchev–Trinajstić information content (AvgIpc) is 3.38. The van der Waals surface area contributed by atoms with Gasteiger partial charge in [-0.1, -0.05) is 6.07 Å². The minimum Gasteiger partial charge on any atom is -0.496 e. The number of carbonyl (C=O) groups excluding carboxylic acids is 1. The zero-order valence-electron chi connectivity index (χ0n) is 14.7. The number of benzene rings is 1. The highest BCUT2D eigenvalue weighted by molar-refractivity contribution is 5.82. The van der Waals surface area contributed by atoms with Gasteiger partial charge in [-0.05, 0) is 49.1 Å². The fraction of sp³-hybridized carbons (Fsp3) is 0.316. The van der Waals surface area contributed by atoms with Crippen molar-refractivity contribution in [2.24, 2.45) is 0 Å². The Morgan fingerprint density at radius 1 is 1.35 bits per heavy atom. The summed E-state index contributed by atoms with van der Waals surface area (Å²) < 4.78 is 6.73. The topological polar surface area (TPSA) is 89.0 Å². The van der Waals surface area contributed by atoms with E-state index in [1.54, 1.807) is 13.3 Å². The zero-order valence-corrected chi connectivity index (χ0v) is 14.7. The summed E-state index contributed by atoms with van der Waals surface area (Å²) in [5.74, 6) is 0.666. The summed E-state index contributed by atoms with van der Waals surface area (Å²) >= 11 is 0. The van der Waals surface area contributed by atoms with Crippen LogP contribution in [0, 0.1) is 6.92 Å². The minimum atomic E-state index is -0.332. The van der Waals surface area contributed by atoms with Crippen molar-refractivity contribution >= 4 is 17.1 Å². The number of ether oxygens (including phenoxy) is 1. The summed E-state index contributed by atoms with van der Waals surface area (Å²) in [6.07, 6.45) is 3.74. The molecule has 3 aromatic rings. The first kappa shape index (κ1) is 16.4. The van der Waals surface area contributed by atoms with Crippen LogP contribution in [0.5, 0.6) is 5.75 Å². The van der Waals surface area contributed by atoms with Crippen molar-refractivity contribution in [3.63, 3.8) is 0 Å². The molecule has 0 radical (unpaired) electrons. The molecule has 4 rings (SSSR count). The van der Waals surface area contributed by atoms with Gasteiger partial charge in [0, 0.05) is 17.8 Å². The summed E-state index contributed by atoms with van der Waals surface area (Å²) in [5, 5.41) is 2.90. The number of fused-ring (bicyclic) bond motifs is 1. The Morgan fingerprint density at radius 3 is 2.85 bits per heavy atom. The Labute approximate surface area is 150 Å². The van der Waals surface area contributed by atoms with Gasteiger partial charge >= 0.3 is 5.69 Å². The van der Waals surface area contributed by atoms with Gasteiger partial charge < -0.3 is 10.1 Å². The summed E-state index contributed by atoms with van der Waals surface area (Å²) in [4.78, 5) is 31.4. The summed E-state index contributed by atoms with van der Waals surface area (Å²) in [6.45, 7) is 1.96. The predicted molar refractivity (Wildman–Crippen MR) is 98.2 cm³/mol. The van der Waals surface area contributed by atoms with Gasteiger partial charge in [0.15, 0.2) is 5.65 Å². The van der Waals surface area contributed by atoms with Crippen molar-refractivity contribution in [2.75, 3.05) is 7.11 Å². The van der Waals surface area contributed by atoms with Gasteiger partial charge in [0.05, 0.1) is 12.6 Å². The molecule has 7 heteroatoms. The Balaban J connectivity index is 1.71. The number of hydrogen-bond acceptors (Lipinski definition) is 4. The summed E-state index contributed by atoms with van der Waals surface area (Å²) in [7, 11) is 1.64. The van der Waals surface area contributed by atoms with E-state index in [4.69, 9.17) is 4.74 Å². The Morgan fingerprint density at radius 2 is 2.15 bits per heavy atom. The van der Waals surface area contributed by atoms with E-state index in [0.29, 0.717) is 11.2 Å². The number of amides is 1. The second-order valence-corrected chi connectivity index (χ2v) is 6.63. The molecule has 1 aromatic carbocycles. The molecule has 2 aromatic heterocycles. The molecule has 2 heterocycles. The lowest BCUT2D eigenvalue weighted by atomic mass is 10.0. The first-order valence-corrected chi connectivity index (χ1v) is 8.58. The van der Waals surface area contributed by atoms with E-state index in [-0.39, 0.29) is 24.2 Å². The van der Waals surface area contributed by atoms with Crippen molar-refractivity contribution in [1.29, 1.82) is 0 Å². The number of nitrogens with one attached hydrogen (secondary N) is 2. The molecule has 26 heavy (non-hydrogen) atoms. The highest BCUT2D eigenvalue weighted by Crippen LogP contribution is 2.27. The molecule has 0 unspecified atom stereocenters. The monoisotopic (exact) mass is 352 g/mol. The molecule has 0 saturated heterocycles. The average molecular weight is 352 g/mol. The number of hydrogen-bond donors (Lipinski definition) is 2. The van der Waals surface area contributed by atoms with Gasteiger partial charge in [0.25, 0.3) is 0 Å². The lowest BCUT2D eigenvalue weighted by molar-refractivity contribution is -0.121. The van der Waals surface area contributed by atoms with Crippen LogP contribution in [0.25, 0.3) is 22.3 Å². The number of imidazole rings is 1. The fourth-order valence-electron chi connectivity index (χ4n) is 3.05. The molecular formula is C19H20N4O3. The molecule has 2 N–H and O–H groups in total. The van der Waals surface area contributed by atoms with Crippen LogP contribution in [0.1, 0.15) is 18.4 Å². The fourth-order valence-corrected chi connectivity index (χ4v) is 3.05. The Kier molecular flexibility index (Phi) is 3.99. The number of nitrogens with zero attached hydrogens (tertiary/aromatic N) is 2. The third kappa shape index (κ3) is 3.08. The van der Waals surface area contributed by atoms with Crippen molar-refractivity contribution in [3.8, 4) is 16.9 Å². The Hall–Kier alpha value is -3.09. The maximum atomic E-state index is 12.2. The van der Waals surface area contributed by atoms with Crippen molar-refractivity contribution < 1.29 is 9.53 Å². The molecule has 0 bridgehead atoms. The van der Waals surface area contributed by atoms with Crippen LogP contribution in [0.15, 0.2) is 35.3 Å². The second-order valence-electron chi connectivity index (χ2n) is 6.63. The van der Waals surface area contributed by atoms with Crippen LogP contribution >= 0.6 is 0 Å². The molecule has 0 spiro atoms. The van der Waals surface area contributed by atoms with E-state index in [9.17, 15) is 9.59 Å². The van der Waals surface area contributed by atoms with Gasteiger partial charge in [-0.2, -0.15) is 0 Å². The lowest BCUT2D eigenvalue weighted by Gasteiger charge is -2.08. The van der Waals surface area contributed by atoms with Crippen LogP contribution in [-0.2, 0) is 11.3 Å². The number of aryl methyl sites for hydroxylation is 1. The number of H-pyrrole nitrogens is 1. The quantitative estimate of drug-likeness (QED) is 0.735. The largest absolute Gasteiger partial charge is 0.496 e. The normalized spacial score (nSPS) is 13.8. The van der Waals surface area contributed by atoms with E-state index in [0.717, 1.165) is 35.3 Å². The predicted octanol–water partition coefficient (Wildman–Crippen LogP) is 1.99. The number of carbonyl (C=O) groups is 1. The number of methoxy groups -OCH3 is 1. The number of pyridine rings is 1. The highest BCUT2D eigenvalue weighted by atomic mass is 16.5. The first-order valence-electron chi connectivity index (χ1n) is 8.58. The van der Waals surface area contributed by atoms with Crippen LogP contribution in [0.2, 0.25) is 0 Å². The van der Waals surface area contributed by atoms with E-state index < -0.39 is 0 Å². The van der Waals surface area contributed by atoms with Gasteiger partial charge in [-0.25, -0.2) is 9.78 Å². The molecule has 0 aliphatic heterocycles. The van der Waals surface area contributed by atoms with E-state index in [2.05, 4.69) is 15.3 Å². The molecule has 1 fully saturated rings. The third-order valence-corrected chi connectivity index (χ3v) is 4.60. The smallest absolute Gasteiger partial charge is 0.328 e. The number of aromatic nitrogens is 3. The number of rotatable bonds is 5. The summed E-state index contributed by atoms with van der Waals surface area (Å²) in [6, 6.07) is 8.01. The van der Waals surface area contributed by atoms with Gasteiger partial charge in [0.1, 0.15) is 12.3 Å². The molecule has 1 aliphatic carbocycles. The van der Waals surface area contributed by atoms with Crippen molar-refractivity contribution in [2.45, 2.75) is 32.4 Å². The molecule has 7 nitrogen and oxygen atoms in total. The van der Waals surface area contributed by atoms with Crippen LogP contribution in [0.3, 0.4) is 0 Å². The van der Waals surface area contributed by atoms with Crippen LogP contribution < -0.4 is 15.7 Å². The number of aromatic amines is 1. The molecule has 134 valence electrons. The highest BCUT2D eigenvalue weighted by Gasteiger charge is 2.24. The van der Waals surface area contributed by atoms with Gasteiger partial charge in [-0.3, -0.25) is 14.3 Å². The maximum absolute atomic E-state index is 12.2. The third-order valence-electron chi connectivity index (χ3n) is 4.60. The van der Waals surface area contributed by atoms with Crippen LogP contribution in [-0.4, -0.2) is 33.6 Å².